The molecule has 0 bridgehead atoms. The van der Waals surface area contributed by atoms with Gasteiger partial charge in [-0.15, -0.1) is 0 Å². The summed E-state index contributed by atoms with van der Waals surface area (Å²) in [5.41, 5.74) is 2.78. The van der Waals surface area contributed by atoms with Crippen LogP contribution in [0.25, 0.3) is 0 Å². The fraction of sp³-hybridized carbons (Fsp3) is 0.391. The Bertz CT molecular complexity index is 859. The molecule has 2 aliphatic heterocycles. The van der Waals surface area contributed by atoms with E-state index in [1.54, 1.807) is 4.90 Å². The van der Waals surface area contributed by atoms with Crippen LogP contribution in [0.4, 0.5) is 5.69 Å². The maximum Gasteiger partial charge on any atom is 0.251 e. The van der Waals surface area contributed by atoms with E-state index in [1.807, 2.05) is 36.4 Å². The van der Waals surface area contributed by atoms with Gasteiger partial charge in [-0.2, -0.15) is 0 Å². The van der Waals surface area contributed by atoms with Crippen molar-refractivity contribution in [2.24, 2.45) is 0 Å². The van der Waals surface area contributed by atoms with Gasteiger partial charge < -0.3 is 10.2 Å². The van der Waals surface area contributed by atoms with Gasteiger partial charge in [-0.3, -0.25) is 14.5 Å². The molecule has 0 aromatic heterocycles. The third-order valence-electron chi connectivity index (χ3n) is 5.76. The van der Waals surface area contributed by atoms with Crippen LogP contribution < -0.4 is 10.2 Å². The fourth-order valence-corrected chi connectivity index (χ4v) is 4.19. The second kappa shape index (κ2) is 8.97. The van der Waals surface area contributed by atoms with Crippen molar-refractivity contribution < 1.29 is 9.59 Å². The van der Waals surface area contributed by atoms with Gasteiger partial charge >= 0.3 is 0 Å². The largest absolute Gasteiger partial charge is 0.349 e. The Morgan fingerprint density at radius 3 is 2.31 bits per heavy atom. The molecule has 2 aliphatic rings. The van der Waals surface area contributed by atoms with Crippen LogP contribution in [0.15, 0.2) is 48.5 Å². The highest BCUT2D eigenvalue weighted by atomic mass is 35.5. The number of likely N-dealkylation sites (tertiary alicyclic amines) is 1. The molecule has 2 aromatic carbocycles. The lowest BCUT2D eigenvalue weighted by Crippen LogP contribution is -2.44. The quantitative estimate of drug-likeness (QED) is 0.812. The summed E-state index contributed by atoms with van der Waals surface area (Å²) < 4.78 is 0. The Kier molecular flexibility index (Phi) is 6.16. The van der Waals surface area contributed by atoms with Gasteiger partial charge in [0.05, 0.1) is 0 Å². The highest BCUT2D eigenvalue weighted by Gasteiger charge is 2.23. The van der Waals surface area contributed by atoms with Gasteiger partial charge in [-0.05, 0) is 61.2 Å². The summed E-state index contributed by atoms with van der Waals surface area (Å²) in [6.45, 7) is 3.60. The molecule has 0 radical (unpaired) electrons. The van der Waals surface area contributed by atoms with E-state index in [-0.39, 0.29) is 17.9 Å². The lowest BCUT2D eigenvalue weighted by molar-refractivity contribution is -0.117. The van der Waals surface area contributed by atoms with Crippen LogP contribution in [0, 0.1) is 0 Å². The third-order valence-corrected chi connectivity index (χ3v) is 6.01. The molecular formula is C23H26ClN3O2. The number of nitrogens with zero attached hydrogens (tertiary/aromatic N) is 2. The summed E-state index contributed by atoms with van der Waals surface area (Å²) in [5, 5.41) is 3.92. The molecule has 29 heavy (non-hydrogen) atoms. The Labute approximate surface area is 176 Å². The zero-order valence-corrected chi connectivity index (χ0v) is 17.2. The predicted octanol–water partition coefficient (Wildman–Crippen LogP) is 3.86. The second-order valence-corrected chi connectivity index (χ2v) is 8.28. The Morgan fingerprint density at radius 1 is 1.00 bits per heavy atom. The number of carbonyl (C=O) groups is 2. The van der Waals surface area contributed by atoms with Crippen molar-refractivity contribution >= 4 is 29.1 Å². The normalized spacial score (nSPS) is 18.2. The van der Waals surface area contributed by atoms with Gasteiger partial charge in [-0.25, -0.2) is 0 Å². The molecular weight excluding hydrogens is 386 g/mol. The Morgan fingerprint density at radius 2 is 1.69 bits per heavy atom. The summed E-state index contributed by atoms with van der Waals surface area (Å²) in [4.78, 5) is 28.6. The number of anilines is 1. The molecule has 4 rings (SSSR count). The average molecular weight is 412 g/mol. The maximum atomic E-state index is 12.6. The second-order valence-electron chi connectivity index (χ2n) is 7.85. The number of benzene rings is 2. The summed E-state index contributed by atoms with van der Waals surface area (Å²) in [6.07, 6.45) is 3.40. The summed E-state index contributed by atoms with van der Waals surface area (Å²) in [5.74, 6) is 0.119. The molecule has 2 aromatic rings. The minimum atomic E-state index is -0.0413. The van der Waals surface area contributed by atoms with Crippen LogP contribution >= 0.6 is 11.6 Å². The van der Waals surface area contributed by atoms with Crippen molar-refractivity contribution in [1.29, 1.82) is 0 Å². The number of carbonyl (C=O) groups excluding carboxylic acids is 2. The van der Waals surface area contributed by atoms with Crippen LogP contribution in [0.1, 0.15) is 41.6 Å². The number of rotatable bonds is 5. The number of halogens is 1. The molecule has 2 saturated heterocycles. The monoisotopic (exact) mass is 411 g/mol. The van der Waals surface area contributed by atoms with E-state index in [4.69, 9.17) is 11.6 Å². The fourth-order valence-electron chi connectivity index (χ4n) is 4.07. The number of hydrogen-bond acceptors (Lipinski definition) is 3. The Hall–Kier alpha value is -2.37. The Balaban J connectivity index is 1.26. The minimum absolute atomic E-state index is 0.0413. The van der Waals surface area contributed by atoms with Gasteiger partial charge in [0.25, 0.3) is 5.91 Å². The predicted molar refractivity (Wildman–Crippen MR) is 115 cm³/mol. The molecule has 2 amide bonds. The van der Waals surface area contributed by atoms with Crippen molar-refractivity contribution in [1.82, 2.24) is 10.2 Å². The molecule has 2 heterocycles. The molecule has 0 atom stereocenters. The lowest BCUT2D eigenvalue weighted by atomic mass is 10.0. The molecule has 152 valence electrons. The van der Waals surface area contributed by atoms with E-state index in [2.05, 4.69) is 22.3 Å². The van der Waals surface area contributed by atoms with Crippen LogP contribution in [0.2, 0.25) is 5.02 Å². The third kappa shape index (κ3) is 4.98. The van der Waals surface area contributed by atoms with E-state index in [0.29, 0.717) is 12.0 Å². The van der Waals surface area contributed by atoms with E-state index in [0.717, 1.165) is 56.2 Å². The molecule has 0 saturated carbocycles. The molecule has 6 heteroatoms. The van der Waals surface area contributed by atoms with E-state index in [1.165, 1.54) is 5.56 Å². The van der Waals surface area contributed by atoms with Gasteiger partial charge in [-0.1, -0.05) is 23.7 Å². The molecule has 0 unspecified atom stereocenters. The van der Waals surface area contributed by atoms with Crippen molar-refractivity contribution in [2.75, 3.05) is 24.5 Å². The van der Waals surface area contributed by atoms with E-state index >= 15 is 0 Å². The summed E-state index contributed by atoms with van der Waals surface area (Å²) in [7, 11) is 0. The van der Waals surface area contributed by atoms with Gasteiger partial charge in [0.15, 0.2) is 0 Å². The van der Waals surface area contributed by atoms with Gasteiger partial charge in [0, 0.05) is 54.9 Å². The number of nitrogens with one attached hydrogen (secondary N) is 1. The number of hydrogen-bond donors (Lipinski definition) is 1. The first-order valence-electron chi connectivity index (χ1n) is 10.3. The van der Waals surface area contributed by atoms with Crippen LogP contribution in [-0.2, 0) is 11.3 Å². The average Bonchev–Trinajstić information content (AvgIpc) is 3.17. The first-order valence-corrected chi connectivity index (χ1v) is 10.6. The van der Waals surface area contributed by atoms with Crippen LogP contribution in [0.5, 0.6) is 0 Å². The molecule has 1 N–H and O–H groups in total. The zero-order valence-electron chi connectivity index (χ0n) is 16.4. The lowest BCUT2D eigenvalue weighted by Gasteiger charge is -2.32. The van der Waals surface area contributed by atoms with E-state index < -0.39 is 0 Å². The highest BCUT2D eigenvalue weighted by molar-refractivity contribution is 6.30. The van der Waals surface area contributed by atoms with Crippen LogP contribution in [0.3, 0.4) is 0 Å². The topological polar surface area (TPSA) is 52.7 Å². The molecule has 0 spiro atoms. The van der Waals surface area contributed by atoms with Crippen molar-refractivity contribution in [3.63, 3.8) is 0 Å². The summed E-state index contributed by atoms with van der Waals surface area (Å²) in [6, 6.07) is 15.5. The van der Waals surface area contributed by atoms with Crippen molar-refractivity contribution in [3.8, 4) is 0 Å². The van der Waals surface area contributed by atoms with Crippen molar-refractivity contribution in [3.05, 3.63) is 64.7 Å². The number of amides is 2. The maximum absolute atomic E-state index is 12.6. The van der Waals surface area contributed by atoms with Crippen molar-refractivity contribution in [2.45, 2.75) is 38.3 Å². The van der Waals surface area contributed by atoms with Crippen LogP contribution in [-0.4, -0.2) is 42.4 Å². The van der Waals surface area contributed by atoms with E-state index in [9.17, 15) is 9.59 Å². The summed E-state index contributed by atoms with van der Waals surface area (Å²) >= 11 is 5.95. The molecule has 0 aliphatic carbocycles. The molecule has 2 fully saturated rings. The first-order chi connectivity index (χ1) is 14.1. The number of piperidine rings is 1. The minimum Gasteiger partial charge on any atom is -0.349 e. The zero-order chi connectivity index (χ0) is 20.2. The highest BCUT2D eigenvalue weighted by Crippen LogP contribution is 2.22. The standard InChI is InChI=1S/C23H26ClN3O2/c24-19-7-3-17(4-8-19)16-26-14-11-20(12-15-26)25-23(29)18-5-9-21(10-6-18)27-13-1-2-22(27)28/h3-10,20H,1-2,11-16H2,(H,25,29). The SMILES string of the molecule is O=C(NC1CCN(Cc2ccc(Cl)cc2)CC1)c1ccc(N2CCCC2=O)cc1. The first kappa shape index (κ1) is 19.9. The van der Waals surface area contributed by atoms with Gasteiger partial charge in [0.1, 0.15) is 0 Å². The molecule has 5 nitrogen and oxygen atoms in total. The smallest absolute Gasteiger partial charge is 0.251 e. The van der Waals surface area contributed by atoms with Gasteiger partial charge in [0.2, 0.25) is 5.91 Å².